The van der Waals surface area contributed by atoms with Gasteiger partial charge in [0.25, 0.3) is 0 Å². The molecule has 0 radical (unpaired) electrons. The van der Waals surface area contributed by atoms with Crippen LogP contribution in [0.15, 0.2) is 47.6 Å². The molecule has 0 bridgehead atoms. The fourth-order valence-corrected chi connectivity index (χ4v) is 4.01. The minimum absolute atomic E-state index is 0.0316. The Labute approximate surface area is 192 Å². The SMILES string of the molecule is CCn1c(SCC(=O)Nc2cc(C(C)(C)C)ccc2OC)nnc1-c1ccc(Cl)cc1. The summed E-state index contributed by atoms with van der Waals surface area (Å²) >= 11 is 7.34. The number of methoxy groups -OCH3 is 1. The van der Waals surface area contributed by atoms with Crippen molar-refractivity contribution in [1.29, 1.82) is 0 Å². The van der Waals surface area contributed by atoms with Crippen LogP contribution in [0.2, 0.25) is 5.02 Å². The van der Waals surface area contributed by atoms with Crippen LogP contribution in [0.1, 0.15) is 33.3 Å². The number of aromatic nitrogens is 3. The molecule has 0 aliphatic heterocycles. The Hall–Kier alpha value is -2.51. The molecule has 1 heterocycles. The number of hydrogen-bond donors (Lipinski definition) is 1. The lowest BCUT2D eigenvalue weighted by molar-refractivity contribution is -0.113. The third kappa shape index (κ3) is 5.60. The minimum atomic E-state index is -0.131. The standard InChI is InChI=1S/C23H27ClN4O2S/c1-6-28-21(15-7-10-17(24)11-8-15)26-27-22(28)31-14-20(29)25-18-13-16(23(2,3)4)9-12-19(18)30-5/h7-13H,6,14H2,1-5H3,(H,25,29). The van der Waals surface area contributed by atoms with Gasteiger partial charge in [0, 0.05) is 17.1 Å². The molecule has 3 aromatic rings. The largest absolute Gasteiger partial charge is 0.495 e. The number of carbonyl (C=O) groups is 1. The van der Waals surface area contributed by atoms with Crippen molar-refractivity contribution in [3.63, 3.8) is 0 Å². The number of nitrogens with one attached hydrogen (secondary N) is 1. The molecule has 8 heteroatoms. The maximum atomic E-state index is 12.7. The zero-order chi connectivity index (χ0) is 22.6. The van der Waals surface area contributed by atoms with Crippen LogP contribution in [0, 0.1) is 0 Å². The van der Waals surface area contributed by atoms with Crippen LogP contribution in [-0.2, 0) is 16.8 Å². The Morgan fingerprint density at radius 3 is 2.48 bits per heavy atom. The monoisotopic (exact) mass is 458 g/mol. The highest BCUT2D eigenvalue weighted by Crippen LogP contribution is 2.32. The van der Waals surface area contributed by atoms with E-state index < -0.39 is 0 Å². The van der Waals surface area contributed by atoms with E-state index >= 15 is 0 Å². The van der Waals surface area contributed by atoms with Crippen molar-refractivity contribution in [3.05, 3.63) is 53.1 Å². The first kappa shape index (κ1) is 23.2. The maximum absolute atomic E-state index is 12.7. The number of nitrogens with zero attached hydrogens (tertiary/aromatic N) is 3. The number of ether oxygens (including phenoxy) is 1. The maximum Gasteiger partial charge on any atom is 0.234 e. The van der Waals surface area contributed by atoms with Gasteiger partial charge in [-0.1, -0.05) is 50.2 Å². The summed E-state index contributed by atoms with van der Waals surface area (Å²) < 4.78 is 7.40. The second kappa shape index (κ2) is 9.75. The molecule has 0 saturated carbocycles. The van der Waals surface area contributed by atoms with Gasteiger partial charge >= 0.3 is 0 Å². The van der Waals surface area contributed by atoms with Crippen molar-refractivity contribution in [1.82, 2.24) is 14.8 Å². The Morgan fingerprint density at radius 1 is 1.16 bits per heavy atom. The van der Waals surface area contributed by atoms with E-state index in [4.69, 9.17) is 16.3 Å². The van der Waals surface area contributed by atoms with Crippen LogP contribution in [0.25, 0.3) is 11.4 Å². The molecule has 1 amide bonds. The highest BCUT2D eigenvalue weighted by Gasteiger charge is 2.18. The summed E-state index contributed by atoms with van der Waals surface area (Å²) in [5.74, 6) is 1.46. The summed E-state index contributed by atoms with van der Waals surface area (Å²) in [6.45, 7) is 9.11. The molecule has 1 N–H and O–H groups in total. The number of rotatable bonds is 7. The predicted octanol–water partition coefficient (Wildman–Crippen LogP) is 5.66. The number of thioether (sulfide) groups is 1. The number of halogens is 1. The molecule has 164 valence electrons. The molecule has 6 nitrogen and oxygen atoms in total. The van der Waals surface area contributed by atoms with Gasteiger partial charge in [-0.25, -0.2) is 0 Å². The van der Waals surface area contributed by atoms with E-state index in [-0.39, 0.29) is 17.1 Å². The van der Waals surface area contributed by atoms with Gasteiger partial charge < -0.3 is 14.6 Å². The summed E-state index contributed by atoms with van der Waals surface area (Å²) in [5.41, 5.74) is 2.68. The van der Waals surface area contributed by atoms with Gasteiger partial charge in [-0.3, -0.25) is 4.79 Å². The number of amides is 1. The fourth-order valence-electron chi connectivity index (χ4n) is 3.08. The first-order valence-electron chi connectivity index (χ1n) is 10.0. The third-order valence-electron chi connectivity index (χ3n) is 4.81. The molecule has 2 aromatic carbocycles. The van der Waals surface area contributed by atoms with Crippen molar-refractivity contribution >= 4 is 35.0 Å². The summed E-state index contributed by atoms with van der Waals surface area (Å²) in [6, 6.07) is 13.3. The molecular weight excluding hydrogens is 432 g/mol. The van der Waals surface area contributed by atoms with Crippen molar-refractivity contribution in [2.45, 2.75) is 44.8 Å². The highest BCUT2D eigenvalue weighted by molar-refractivity contribution is 7.99. The molecule has 0 aliphatic carbocycles. The summed E-state index contributed by atoms with van der Waals surface area (Å²) in [7, 11) is 1.60. The zero-order valence-corrected chi connectivity index (χ0v) is 20.0. The van der Waals surface area contributed by atoms with E-state index in [0.717, 1.165) is 17.0 Å². The van der Waals surface area contributed by atoms with Gasteiger partial charge in [-0.05, 0) is 54.3 Å². The second-order valence-corrected chi connectivity index (χ2v) is 9.44. The molecule has 0 atom stereocenters. The molecule has 3 rings (SSSR count). The van der Waals surface area contributed by atoms with Gasteiger partial charge in [0.15, 0.2) is 11.0 Å². The van der Waals surface area contributed by atoms with Gasteiger partial charge in [0.2, 0.25) is 5.91 Å². The van der Waals surface area contributed by atoms with E-state index in [2.05, 4.69) is 36.3 Å². The van der Waals surface area contributed by atoms with Crippen LogP contribution in [0.5, 0.6) is 5.75 Å². The first-order chi connectivity index (χ1) is 14.7. The van der Waals surface area contributed by atoms with Crippen LogP contribution in [-0.4, -0.2) is 33.5 Å². The van der Waals surface area contributed by atoms with Gasteiger partial charge in [-0.15, -0.1) is 10.2 Å². The summed E-state index contributed by atoms with van der Waals surface area (Å²) in [4.78, 5) is 12.7. The van der Waals surface area contributed by atoms with Gasteiger partial charge in [0.1, 0.15) is 5.75 Å². The average Bonchev–Trinajstić information content (AvgIpc) is 3.15. The molecule has 31 heavy (non-hydrogen) atoms. The molecule has 0 aliphatic rings. The van der Waals surface area contributed by atoms with Crippen molar-refractivity contribution in [2.24, 2.45) is 0 Å². The Balaban J connectivity index is 1.72. The van der Waals surface area contributed by atoms with Crippen LogP contribution in [0.3, 0.4) is 0 Å². The van der Waals surface area contributed by atoms with Crippen molar-refractivity contribution in [2.75, 3.05) is 18.2 Å². The zero-order valence-electron chi connectivity index (χ0n) is 18.4. The molecule has 0 spiro atoms. The Kier molecular flexibility index (Phi) is 7.28. The molecular formula is C23H27ClN4O2S. The summed E-state index contributed by atoms with van der Waals surface area (Å²) in [5, 5.41) is 12.9. The van der Waals surface area contributed by atoms with Crippen molar-refractivity contribution < 1.29 is 9.53 Å². The van der Waals surface area contributed by atoms with Crippen molar-refractivity contribution in [3.8, 4) is 17.1 Å². The van der Waals surface area contributed by atoms with E-state index in [1.165, 1.54) is 11.8 Å². The Morgan fingerprint density at radius 2 is 1.87 bits per heavy atom. The average molecular weight is 459 g/mol. The van der Waals surface area contributed by atoms with Crippen LogP contribution >= 0.6 is 23.4 Å². The molecule has 0 saturated heterocycles. The lowest BCUT2D eigenvalue weighted by Crippen LogP contribution is -2.17. The number of carbonyl (C=O) groups excluding carboxylic acids is 1. The minimum Gasteiger partial charge on any atom is -0.495 e. The quantitative estimate of drug-likeness (QED) is 0.463. The number of hydrogen-bond acceptors (Lipinski definition) is 5. The van der Waals surface area contributed by atoms with E-state index in [9.17, 15) is 4.79 Å². The lowest BCUT2D eigenvalue weighted by Gasteiger charge is -2.21. The third-order valence-corrected chi connectivity index (χ3v) is 6.03. The number of anilines is 1. The lowest BCUT2D eigenvalue weighted by atomic mass is 9.87. The molecule has 1 aromatic heterocycles. The smallest absolute Gasteiger partial charge is 0.234 e. The fraction of sp³-hybridized carbons (Fsp3) is 0.348. The highest BCUT2D eigenvalue weighted by atomic mass is 35.5. The number of benzene rings is 2. The predicted molar refractivity (Wildman–Crippen MR) is 127 cm³/mol. The topological polar surface area (TPSA) is 69.0 Å². The second-order valence-electron chi connectivity index (χ2n) is 8.06. The normalized spacial score (nSPS) is 11.4. The van der Waals surface area contributed by atoms with Gasteiger partial charge in [-0.2, -0.15) is 0 Å². The van der Waals surface area contributed by atoms with E-state index in [0.29, 0.717) is 28.2 Å². The Bertz CT molecular complexity index is 1060. The molecule has 0 unspecified atom stereocenters. The van der Waals surface area contributed by atoms with Crippen LogP contribution in [0.4, 0.5) is 5.69 Å². The van der Waals surface area contributed by atoms with E-state index in [1.807, 2.05) is 54.0 Å². The first-order valence-corrected chi connectivity index (χ1v) is 11.4. The molecule has 0 fully saturated rings. The summed E-state index contributed by atoms with van der Waals surface area (Å²) in [6.07, 6.45) is 0. The van der Waals surface area contributed by atoms with Gasteiger partial charge in [0.05, 0.1) is 18.6 Å². The van der Waals surface area contributed by atoms with Crippen LogP contribution < -0.4 is 10.1 Å². The van der Waals surface area contributed by atoms with E-state index in [1.54, 1.807) is 7.11 Å².